The fourth-order valence-corrected chi connectivity index (χ4v) is 2.46. The molecule has 0 aliphatic carbocycles. The second-order valence-electron chi connectivity index (χ2n) is 4.65. The Bertz CT molecular complexity index is 590. The van der Waals surface area contributed by atoms with Crippen molar-refractivity contribution in [2.24, 2.45) is 0 Å². The predicted octanol–water partition coefficient (Wildman–Crippen LogP) is 2.57. The largest absolute Gasteiger partial charge is 0.491 e. The van der Waals surface area contributed by atoms with Crippen molar-refractivity contribution in [3.05, 3.63) is 48.7 Å². The maximum absolute atomic E-state index is 10.9. The molecule has 116 valence electrons. The molecule has 2 rings (SSSR count). The Kier molecular flexibility index (Phi) is 6.24. The van der Waals surface area contributed by atoms with Gasteiger partial charge in [-0.1, -0.05) is 6.07 Å². The van der Waals surface area contributed by atoms with Crippen molar-refractivity contribution in [3.63, 3.8) is 0 Å². The molecule has 0 saturated heterocycles. The summed E-state index contributed by atoms with van der Waals surface area (Å²) >= 11 is 1.48. The second-order valence-corrected chi connectivity index (χ2v) is 5.69. The number of rotatable bonds is 7. The first-order chi connectivity index (χ1) is 10.6. The number of aromatic nitrogens is 1. The predicted molar refractivity (Wildman–Crippen MR) is 87.2 cm³/mol. The van der Waals surface area contributed by atoms with Crippen LogP contribution in [0.25, 0.3) is 0 Å². The van der Waals surface area contributed by atoms with Crippen LogP contribution in [0.4, 0.5) is 5.69 Å². The van der Waals surface area contributed by atoms with Crippen molar-refractivity contribution in [1.29, 1.82) is 0 Å². The summed E-state index contributed by atoms with van der Waals surface area (Å²) in [7, 11) is 0. The Labute approximate surface area is 133 Å². The molecular formula is C16H18N2O3S. The number of amides is 1. The number of carbonyl (C=O) groups excluding carboxylic acids is 1. The summed E-state index contributed by atoms with van der Waals surface area (Å²) in [5, 5.41) is 13.5. The summed E-state index contributed by atoms with van der Waals surface area (Å²) in [5.41, 5.74) is 0.714. The Hall–Kier alpha value is -2.05. The lowest BCUT2D eigenvalue weighted by atomic mass is 10.3. The molecule has 6 heteroatoms. The molecule has 1 aromatic carbocycles. The molecular weight excluding hydrogens is 300 g/mol. The van der Waals surface area contributed by atoms with E-state index in [0.717, 1.165) is 5.03 Å². The smallest absolute Gasteiger partial charge is 0.221 e. The quantitative estimate of drug-likeness (QED) is 0.768. The molecule has 1 atom stereocenters. The number of hydrogen-bond acceptors (Lipinski definition) is 5. The first-order valence-corrected chi connectivity index (χ1v) is 7.84. The molecule has 2 N–H and O–H groups in total. The molecule has 1 heterocycles. The molecule has 0 aliphatic heterocycles. The number of aliphatic hydroxyl groups excluding tert-OH is 1. The van der Waals surface area contributed by atoms with Crippen LogP contribution in [0.15, 0.2) is 53.7 Å². The Balaban J connectivity index is 1.73. The zero-order chi connectivity index (χ0) is 15.8. The van der Waals surface area contributed by atoms with Crippen LogP contribution in [0.1, 0.15) is 6.92 Å². The number of benzene rings is 1. The first-order valence-electron chi connectivity index (χ1n) is 6.86. The maximum atomic E-state index is 10.9. The lowest BCUT2D eigenvalue weighted by molar-refractivity contribution is -0.114. The van der Waals surface area contributed by atoms with Crippen LogP contribution in [-0.4, -0.2) is 34.5 Å². The molecule has 0 fully saturated rings. The minimum Gasteiger partial charge on any atom is -0.491 e. The van der Waals surface area contributed by atoms with Gasteiger partial charge < -0.3 is 15.2 Å². The van der Waals surface area contributed by atoms with Crippen LogP contribution in [0.5, 0.6) is 5.75 Å². The number of hydrogen-bond donors (Lipinski definition) is 2. The molecule has 1 unspecified atom stereocenters. The van der Waals surface area contributed by atoms with E-state index in [1.807, 2.05) is 18.2 Å². The van der Waals surface area contributed by atoms with Crippen molar-refractivity contribution < 1.29 is 14.6 Å². The third-order valence-electron chi connectivity index (χ3n) is 2.68. The number of nitrogens with one attached hydrogen (secondary N) is 1. The van der Waals surface area contributed by atoms with E-state index in [0.29, 0.717) is 17.2 Å². The van der Waals surface area contributed by atoms with E-state index in [1.54, 1.807) is 30.5 Å². The summed E-state index contributed by atoms with van der Waals surface area (Å²) in [4.78, 5) is 15.1. The van der Waals surface area contributed by atoms with E-state index in [1.165, 1.54) is 18.7 Å². The molecule has 0 saturated carbocycles. The van der Waals surface area contributed by atoms with Crippen molar-refractivity contribution in [2.75, 3.05) is 17.7 Å². The molecule has 0 radical (unpaired) electrons. The topological polar surface area (TPSA) is 71.5 Å². The molecule has 0 bridgehead atoms. The van der Waals surface area contributed by atoms with Gasteiger partial charge in [0.1, 0.15) is 12.4 Å². The van der Waals surface area contributed by atoms with Gasteiger partial charge in [0.25, 0.3) is 0 Å². The maximum Gasteiger partial charge on any atom is 0.221 e. The molecule has 0 aliphatic rings. The van der Waals surface area contributed by atoms with Gasteiger partial charge in [0.05, 0.1) is 11.1 Å². The molecule has 1 aromatic heterocycles. The fourth-order valence-electron chi connectivity index (χ4n) is 1.69. The average molecular weight is 318 g/mol. The number of thioether (sulfide) groups is 1. The lowest BCUT2D eigenvalue weighted by Crippen LogP contribution is -2.20. The highest BCUT2D eigenvalue weighted by atomic mass is 32.2. The number of anilines is 1. The van der Waals surface area contributed by atoms with Crippen LogP contribution >= 0.6 is 11.8 Å². The Morgan fingerprint density at radius 3 is 2.73 bits per heavy atom. The first kappa shape index (κ1) is 16.3. The van der Waals surface area contributed by atoms with E-state index >= 15 is 0 Å². The van der Waals surface area contributed by atoms with Gasteiger partial charge in [-0.15, -0.1) is 11.8 Å². The number of aliphatic hydroxyl groups is 1. The monoisotopic (exact) mass is 318 g/mol. The Morgan fingerprint density at radius 2 is 2.09 bits per heavy atom. The summed E-state index contributed by atoms with van der Waals surface area (Å²) in [5.74, 6) is 1.05. The van der Waals surface area contributed by atoms with Crippen LogP contribution in [0.2, 0.25) is 0 Å². The van der Waals surface area contributed by atoms with Crippen LogP contribution in [0, 0.1) is 0 Å². The van der Waals surface area contributed by atoms with Crippen LogP contribution in [-0.2, 0) is 4.79 Å². The summed E-state index contributed by atoms with van der Waals surface area (Å²) < 4.78 is 5.52. The van der Waals surface area contributed by atoms with E-state index in [4.69, 9.17) is 4.74 Å². The standard InChI is InChI=1S/C16H18N2O3S/c1-12(19)18-13-5-7-15(8-6-13)21-10-14(20)11-22-16-4-2-3-9-17-16/h2-9,14,20H,10-11H2,1H3,(H,18,19). The Morgan fingerprint density at radius 1 is 1.32 bits per heavy atom. The number of nitrogens with zero attached hydrogens (tertiary/aromatic N) is 1. The van der Waals surface area contributed by atoms with Gasteiger partial charge in [-0.05, 0) is 36.4 Å². The SMILES string of the molecule is CC(=O)Nc1ccc(OCC(O)CSc2ccccn2)cc1. The van der Waals surface area contributed by atoms with Gasteiger partial charge in [0.2, 0.25) is 5.91 Å². The van der Waals surface area contributed by atoms with Gasteiger partial charge in [-0.3, -0.25) is 4.79 Å². The third-order valence-corrected chi connectivity index (χ3v) is 3.77. The lowest BCUT2D eigenvalue weighted by Gasteiger charge is -2.12. The summed E-state index contributed by atoms with van der Waals surface area (Å²) in [6.07, 6.45) is 1.14. The van der Waals surface area contributed by atoms with Crippen LogP contribution in [0.3, 0.4) is 0 Å². The van der Waals surface area contributed by atoms with Crippen LogP contribution < -0.4 is 10.1 Å². The average Bonchev–Trinajstić information content (AvgIpc) is 2.53. The minimum absolute atomic E-state index is 0.115. The van der Waals surface area contributed by atoms with E-state index in [2.05, 4.69) is 10.3 Å². The van der Waals surface area contributed by atoms with E-state index in [9.17, 15) is 9.90 Å². The highest BCUT2D eigenvalue weighted by Crippen LogP contribution is 2.18. The molecule has 2 aromatic rings. The number of pyridine rings is 1. The van der Waals surface area contributed by atoms with Crippen molar-refractivity contribution in [1.82, 2.24) is 4.98 Å². The zero-order valence-corrected chi connectivity index (χ0v) is 13.0. The highest BCUT2D eigenvalue weighted by Gasteiger charge is 2.07. The molecule has 1 amide bonds. The summed E-state index contributed by atoms with van der Waals surface area (Å²) in [6, 6.07) is 12.7. The van der Waals surface area contributed by atoms with Crippen molar-refractivity contribution in [2.45, 2.75) is 18.1 Å². The number of carbonyl (C=O) groups is 1. The van der Waals surface area contributed by atoms with E-state index < -0.39 is 6.10 Å². The third kappa shape index (κ3) is 5.75. The van der Waals surface area contributed by atoms with Crippen molar-refractivity contribution >= 4 is 23.4 Å². The van der Waals surface area contributed by atoms with E-state index in [-0.39, 0.29) is 12.5 Å². The van der Waals surface area contributed by atoms with Crippen molar-refractivity contribution in [3.8, 4) is 5.75 Å². The van der Waals surface area contributed by atoms with Gasteiger partial charge in [-0.2, -0.15) is 0 Å². The highest BCUT2D eigenvalue weighted by molar-refractivity contribution is 7.99. The zero-order valence-electron chi connectivity index (χ0n) is 12.2. The van der Waals surface area contributed by atoms with Gasteiger partial charge in [0, 0.05) is 24.6 Å². The minimum atomic E-state index is -0.581. The fraction of sp³-hybridized carbons (Fsp3) is 0.250. The van der Waals surface area contributed by atoms with Gasteiger partial charge in [0.15, 0.2) is 0 Å². The number of ether oxygens (including phenoxy) is 1. The molecule has 5 nitrogen and oxygen atoms in total. The molecule has 22 heavy (non-hydrogen) atoms. The normalized spacial score (nSPS) is 11.7. The summed E-state index contributed by atoms with van der Waals surface area (Å²) in [6.45, 7) is 1.67. The van der Waals surface area contributed by atoms with Gasteiger partial charge >= 0.3 is 0 Å². The molecule has 0 spiro atoms. The second kappa shape index (κ2) is 8.41. The van der Waals surface area contributed by atoms with Gasteiger partial charge in [-0.25, -0.2) is 4.98 Å².